The first kappa shape index (κ1) is 12.5. The van der Waals surface area contributed by atoms with E-state index in [9.17, 15) is 0 Å². The minimum atomic E-state index is 0.689. The van der Waals surface area contributed by atoms with E-state index in [1.54, 1.807) is 6.33 Å². The van der Waals surface area contributed by atoms with Gasteiger partial charge in [-0.3, -0.25) is 0 Å². The van der Waals surface area contributed by atoms with Crippen LogP contribution in [0.3, 0.4) is 0 Å². The van der Waals surface area contributed by atoms with Gasteiger partial charge in [-0.1, -0.05) is 13.3 Å². The van der Waals surface area contributed by atoms with Crippen molar-refractivity contribution < 1.29 is 0 Å². The van der Waals surface area contributed by atoms with Crippen molar-refractivity contribution in [2.75, 3.05) is 12.4 Å². The maximum atomic E-state index is 4.63. The quantitative estimate of drug-likeness (QED) is 0.897. The molecule has 0 spiro atoms. The van der Waals surface area contributed by atoms with Crippen LogP contribution in [0, 0.1) is 6.92 Å². The SMILES string of the molecule is CCCc1nc(-c2cn(C)cn2)nc(NC)c1C. The van der Waals surface area contributed by atoms with Crippen molar-refractivity contribution in [3.8, 4) is 11.5 Å². The maximum absolute atomic E-state index is 4.63. The Labute approximate surface area is 107 Å². The van der Waals surface area contributed by atoms with Gasteiger partial charge >= 0.3 is 0 Å². The molecule has 0 saturated carbocycles. The number of hydrogen-bond donors (Lipinski definition) is 1. The molecule has 18 heavy (non-hydrogen) atoms. The molecule has 0 radical (unpaired) electrons. The van der Waals surface area contributed by atoms with E-state index in [1.807, 2.05) is 24.9 Å². The average molecular weight is 245 g/mol. The van der Waals surface area contributed by atoms with Gasteiger partial charge < -0.3 is 9.88 Å². The van der Waals surface area contributed by atoms with Gasteiger partial charge in [-0.25, -0.2) is 15.0 Å². The molecule has 2 aromatic heterocycles. The predicted molar refractivity (Wildman–Crippen MR) is 72.5 cm³/mol. The fourth-order valence-electron chi connectivity index (χ4n) is 1.93. The largest absolute Gasteiger partial charge is 0.373 e. The highest BCUT2D eigenvalue weighted by atomic mass is 15.1. The minimum absolute atomic E-state index is 0.689. The molecule has 5 nitrogen and oxygen atoms in total. The fourth-order valence-corrected chi connectivity index (χ4v) is 1.93. The third kappa shape index (κ3) is 2.34. The minimum Gasteiger partial charge on any atom is -0.373 e. The van der Waals surface area contributed by atoms with Gasteiger partial charge in [0.2, 0.25) is 0 Å². The third-order valence-corrected chi connectivity index (χ3v) is 2.90. The average Bonchev–Trinajstić information content (AvgIpc) is 2.79. The molecule has 96 valence electrons. The van der Waals surface area contributed by atoms with Crippen LogP contribution in [0.25, 0.3) is 11.5 Å². The summed E-state index contributed by atoms with van der Waals surface area (Å²) in [5.74, 6) is 1.57. The van der Waals surface area contributed by atoms with Gasteiger partial charge in [0.1, 0.15) is 11.5 Å². The summed E-state index contributed by atoms with van der Waals surface area (Å²) >= 11 is 0. The van der Waals surface area contributed by atoms with Crippen LogP contribution in [0.1, 0.15) is 24.6 Å². The van der Waals surface area contributed by atoms with Gasteiger partial charge in [0.25, 0.3) is 0 Å². The summed E-state index contributed by atoms with van der Waals surface area (Å²) in [6, 6.07) is 0. The second-order valence-electron chi connectivity index (χ2n) is 4.39. The van der Waals surface area contributed by atoms with Gasteiger partial charge in [0, 0.05) is 31.5 Å². The molecular formula is C13H19N5. The molecule has 1 N–H and O–H groups in total. The molecule has 0 saturated heterocycles. The molecule has 0 aromatic carbocycles. The Bertz CT molecular complexity index is 544. The Kier molecular flexibility index (Phi) is 3.60. The Morgan fingerprint density at radius 1 is 1.33 bits per heavy atom. The lowest BCUT2D eigenvalue weighted by Gasteiger charge is -2.10. The highest BCUT2D eigenvalue weighted by molar-refractivity contribution is 5.55. The molecule has 5 heteroatoms. The van der Waals surface area contributed by atoms with Crippen molar-refractivity contribution >= 4 is 5.82 Å². The van der Waals surface area contributed by atoms with Gasteiger partial charge in [-0.15, -0.1) is 0 Å². The maximum Gasteiger partial charge on any atom is 0.182 e. The van der Waals surface area contributed by atoms with E-state index in [2.05, 4.69) is 34.1 Å². The summed E-state index contributed by atoms with van der Waals surface area (Å²) in [5, 5.41) is 3.13. The number of hydrogen-bond acceptors (Lipinski definition) is 4. The van der Waals surface area contributed by atoms with Crippen molar-refractivity contribution in [1.82, 2.24) is 19.5 Å². The fraction of sp³-hybridized carbons (Fsp3) is 0.462. The van der Waals surface area contributed by atoms with E-state index < -0.39 is 0 Å². The van der Waals surface area contributed by atoms with Crippen LogP contribution in [0.15, 0.2) is 12.5 Å². The summed E-state index contributed by atoms with van der Waals surface area (Å²) in [4.78, 5) is 13.4. The molecule has 0 aliphatic heterocycles. The molecule has 2 heterocycles. The molecular weight excluding hydrogens is 226 g/mol. The zero-order chi connectivity index (χ0) is 13.1. The first-order valence-corrected chi connectivity index (χ1v) is 6.19. The standard InChI is InChI=1S/C13H19N5/c1-5-6-10-9(2)12(14-3)17-13(16-10)11-7-18(4)8-15-11/h7-8H,5-6H2,1-4H3,(H,14,16,17). The summed E-state index contributed by atoms with van der Waals surface area (Å²) in [7, 11) is 3.82. The lowest BCUT2D eigenvalue weighted by Crippen LogP contribution is -2.05. The first-order valence-electron chi connectivity index (χ1n) is 6.19. The number of aryl methyl sites for hydroxylation is 2. The molecule has 2 aromatic rings. The summed E-state index contributed by atoms with van der Waals surface area (Å²) in [5.41, 5.74) is 3.03. The topological polar surface area (TPSA) is 55.6 Å². The van der Waals surface area contributed by atoms with Crippen LogP contribution in [-0.2, 0) is 13.5 Å². The molecule has 0 aliphatic carbocycles. The normalized spacial score (nSPS) is 10.7. The Morgan fingerprint density at radius 3 is 2.67 bits per heavy atom. The monoisotopic (exact) mass is 245 g/mol. The van der Waals surface area contributed by atoms with E-state index in [-0.39, 0.29) is 0 Å². The zero-order valence-corrected chi connectivity index (χ0v) is 11.4. The lowest BCUT2D eigenvalue weighted by atomic mass is 10.1. The number of aromatic nitrogens is 4. The van der Waals surface area contributed by atoms with Crippen LogP contribution in [-0.4, -0.2) is 26.6 Å². The smallest absolute Gasteiger partial charge is 0.182 e. The third-order valence-electron chi connectivity index (χ3n) is 2.90. The van der Waals surface area contributed by atoms with E-state index in [4.69, 9.17) is 0 Å². The summed E-state index contributed by atoms with van der Waals surface area (Å²) in [6.45, 7) is 4.21. The van der Waals surface area contributed by atoms with E-state index in [0.29, 0.717) is 5.82 Å². The van der Waals surface area contributed by atoms with Gasteiger partial charge in [-0.2, -0.15) is 0 Å². The van der Waals surface area contributed by atoms with Crippen molar-refractivity contribution in [1.29, 1.82) is 0 Å². The lowest BCUT2D eigenvalue weighted by molar-refractivity contribution is 0.862. The van der Waals surface area contributed by atoms with Crippen LogP contribution in [0.5, 0.6) is 0 Å². The Hall–Kier alpha value is -1.91. The van der Waals surface area contributed by atoms with Gasteiger partial charge in [-0.05, 0) is 13.3 Å². The number of nitrogens with one attached hydrogen (secondary N) is 1. The van der Waals surface area contributed by atoms with E-state index in [0.717, 1.165) is 35.6 Å². The molecule has 0 atom stereocenters. The Morgan fingerprint density at radius 2 is 2.11 bits per heavy atom. The number of rotatable bonds is 4. The van der Waals surface area contributed by atoms with Crippen molar-refractivity contribution in [3.63, 3.8) is 0 Å². The summed E-state index contributed by atoms with van der Waals surface area (Å²) < 4.78 is 1.90. The van der Waals surface area contributed by atoms with Gasteiger partial charge in [0.15, 0.2) is 5.82 Å². The highest BCUT2D eigenvalue weighted by Crippen LogP contribution is 2.21. The van der Waals surface area contributed by atoms with Crippen LogP contribution in [0.4, 0.5) is 5.82 Å². The van der Waals surface area contributed by atoms with Crippen molar-refractivity contribution in [3.05, 3.63) is 23.8 Å². The van der Waals surface area contributed by atoms with Crippen LogP contribution < -0.4 is 5.32 Å². The molecule has 0 amide bonds. The van der Waals surface area contributed by atoms with Crippen LogP contribution in [0.2, 0.25) is 0 Å². The second-order valence-corrected chi connectivity index (χ2v) is 4.39. The predicted octanol–water partition coefficient (Wildman–Crippen LogP) is 2.18. The molecule has 2 rings (SSSR count). The number of anilines is 1. The molecule has 0 fully saturated rings. The number of imidazole rings is 1. The second kappa shape index (κ2) is 5.16. The van der Waals surface area contributed by atoms with Crippen LogP contribution >= 0.6 is 0 Å². The van der Waals surface area contributed by atoms with E-state index in [1.165, 1.54) is 0 Å². The molecule has 0 aliphatic rings. The highest BCUT2D eigenvalue weighted by Gasteiger charge is 2.12. The number of nitrogens with zero attached hydrogens (tertiary/aromatic N) is 4. The molecule has 0 bridgehead atoms. The van der Waals surface area contributed by atoms with E-state index >= 15 is 0 Å². The van der Waals surface area contributed by atoms with Crippen molar-refractivity contribution in [2.24, 2.45) is 7.05 Å². The van der Waals surface area contributed by atoms with Crippen molar-refractivity contribution in [2.45, 2.75) is 26.7 Å². The van der Waals surface area contributed by atoms with Gasteiger partial charge in [0.05, 0.1) is 6.33 Å². The molecule has 0 unspecified atom stereocenters. The zero-order valence-electron chi connectivity index (χ0n) is 11.4. The Balaban J connectivity index is 2.51. The first-order chi connectivity index (χ1) is 8.65. The summed E-state index contributed by atoms with van der Waals surface area (Å²) in [6.07, 6.45) is 5.72.